The molecule has 0 aliphatic carbocycles. The average Bonchev–Trinajstić information content (AvgIpc) is 2.78. The summed E-state index contributed by atoms with van der Waals surface area (Å²) in [5.74, 6) is -0.891. The Balaban J connectivity index is 2.29. The summed E-state index contributed by atoms with van der Waals surface area (Å²) in [5, 5.41) is 8.79. The number of aliphatic carboxylic acids is 1. The molecule has 0 atom stereocenters. The SMILES string of the molecule is C/C(=C\c1ccc(-c2ccccn2)s1)C(=O)O. The summed E-state index contributed by atoms with van der Waals surface area (Å²) in [6.45, 7) is 1.59. The summed E-state index contributed by atoms with van der Waals surface area (Å²) in [6, 6.07) is 9.59. The maximum Gasteiger partial charge on any atom is 0.331 e. The number of carboxylic acid groups (broad SMARTS) is 1. The lowest BCUT2D eigenvalue weighted by Gasteiger charge is -1.93. The van der Waals surface area contributed by atoms with Gasteiger partial charge in [0, 0.05) is 16.6 Å². The number of carboxylic acids is 1. The number of rotatable bonds is 3. The number of hydrogen-bond donors (Lipinski definition) is 1. The first-order valence-electron chi connectivity index (χ1n) is 5.09. The Labute approximate surface area is 103 Å². The Kier molecular flexibility index (Phi) is 3.35. The molecule has 0 saturated heterocycles. The van der Waals surface area contributed by atoms with Crippen LogP contribution in [0, 0.1) is 0 Å². The van der Waals surface area contributed by atoms with Crippen LogP contribution in [0.25, 0.3) is 16.6 Å². The van der Waals surface area contributed by atoms with Crippen LogP contribution in [0.2, 0.25) is 0 Å². The van der Waals surface area contributed by atoms with Gasteiger partial charge in [-0.2, -0.15) is 0 Å². The molecule has 0 aliphatic heterocycles. The largest absolute Gasteiger partial charge is 0.478 e. The maximum atomic E-state index is 10.7. The Morgan fingerprint density at radius 3 is 2.82 bits per heavy atom. The summed E-state index contributed by atoms with van der Waals surface area (Å²) in [7, 11) is 0. The third kappa shape index (κ3) is 2.79. The van der Waals surface area contributed by atoms with Gasteiger partial charge in [0.05, 0.1) is 10.6 Å². The van der Waals surface area contributed by atoms with Crippen LogP contribution < -0.4 is 0 Å². The van der Waals surface area contributed by atoms with E-state index in [1.54, 1.807) is 19.2 Å². The van der Waals surface area contributed by atoms with Crippen molar-refractivity contribution >= 4 is 23.4 Å². The van der Waals surface area contributed by atoms with E-state index < -0.39 is 5.97 Å². The van der Waals surface area contributed by atoms with E-state index in [9.17, 15) is 4.79 Å². The summed E-state index contributed by atoms with van der Waals surface area (Å²) < 4.78 is 0. The maximum absolute atomic E-state index is 10.7. The number of thiophene rings is 1. The molecule has 2 heterocycles. The molecule has 0 saturated carbocycles. The molecule has 0 spiro atoms. The lowest BCUT2D eigenvalue weighted by molar-refractivity contribution is -0.132. The monoisotopic (exact) mass is 245 g/mol. The zero-order chi connectivity index (χ0) is 12.3. The van der Waals surface area contributed by atoms with Gasteiger partial charge in [-0.15, -0.1) is 11.3 Å². The van der Waals surface area contributed by atoms with Gasteiger partial charge in [-0.3, -0.25) is 4.98 Å². The van der Waals surface area contributed by atoms with Crippen molar-refractivity contribution in [3.05, 3.63) is 47.0 Å². The lowest BCUT2D eigenvalue weighted by Crippen LogP contribution is -1.94. The fourth-order valence-electron chi connectivity index (χ4n) is 1.35. The minimum Gasteiger partial charge on any atom is -0.478 e. The second-order valence-electron chi connectivity index (χ2n) is 3.55. The van der Waals surface area contributed by atoms with Crippen molar-refractivity contribution in [3.63, 3.8) is 0 Å². The van der Waals surface area contributed by atoms with Crippen LogP contribution in [0.1, 0.15) is 11.8 Å². The minimum atomic E-state index is -0.891. The molecule has 0 bridgehead atoms. The van der Waals surface area contributed by atoms with Gasteiger partial charge in [-0.25, -0.2) is 4.79 Å². The zero-order valence-corrected chi connectivity index (χ0v) is 10.1. The van der Waals surface area contributed by atoms with Crippen LogP contribution in [0.5, 0.6) is 0 Å². The Morgan fingerprint density at radius 2 is 2.18 bits per heavy atom. The van der Waals surface area contributed by atoms with E-state index in [0.29, 0.717) is 5.57 Å². The molecule has 86 valence electrons. The van der Waals surface area contributed by atoms with Crippen molar-refractivity contribution in [1.82, 2.24) is 4.98 Å². The minimum absolute atomic E-state index is 0.333. The van der Waals surface area contributed by atoms with E-state index in [1.807, 2.05) is 30.3 Å². The fraction of sp³-hybridized carbons (Fsp3) is 0.0769. The van der Waals surface area contributed by atoms with Gasteiger partial charge in [0.15, 0.2) is 0 Å². The van der Waals surface area contributed by atoms with Crippen molar-refractivity contribution in [2.75, 3.05) is 0 Å². The van der Waals surface area contributed by atoms with Crippen molar-refractivity contribution < 1.29 is 9.90 Å². The molecular formula is C13H11NO2S. The smallest absolute Gasteiger partial charge is 0.331 e. The predicted octanol–water partition coefficient (Wildman–Crippen LogP) is 3.30. The van der Waals surface area contributed by atoms with Crippen LogP contribution in [0.15, 0.2) is 42.1 Å². The molecule has 0 aromatic carbocycles. The molecule has 0 radical (unpaired) electrons. The lowest BCUT2D eigenvalue weighted by atomic mass is 10.2. The second kappa shape index (κ2) is 4.93. The first-order valence-corrected chi connectivity index (χ1v) is 5.91. The molecular weight excluding hydrogens is 234 g/mol. The quantitative estimate of drug-likeness (QED) is 0.844. The van der Waals surface area contributed by atoms with Crippen molar-refractivity contribution in [3.8, 4) is 10.6 Å². The topological polar surface area (TPSA) is 50.2 Å². The van der Waals surface area contributed by atoms with Crippen LogP contribution >= 0.6 is 11.3 Å². The standard InChI is InChI=1S/C13H11NO2S/c1-9(13(15)16)8-10-5-6-12(17-10)11-4-2-3-7-14-11/h2-8H,1H3,(H,15,16)/b9-8+. The van der Waals surface area contributed by atoms with E-state index >= 15 is 0 Å². The third-order valence-corrected chi connectivity index (χ3v) is 3.30. The average molecular weight is 245 g/mol. The molecule has 17 heavy (non-hydrogen) atoms. The van der Waals surface area contributed by atoms with E-state index in [-0.39, 0.29) is 0 Å². The zero-order valence-electron chi connectivity index (χ0n) is 9.25. The Morgan fingerprint density at radius 1 is 1.35 bits per heavy atom. The number of aromatic nitrogens is 1. The molecule has 2 rings (SSSR count). The third-order valence-electron chi connectivity index (χ3n) is 2.24. The van der Waals surface area contributed by atoms with E-state index in [1.165, 1.54) is 11.3 Å². The molecule has 0 unspecified atom stereocenters. The Hall–Kier alpha value is -1.94. The molecule has 3 nitrogen and oxygen atoms in total. The van der Waals surface area contributed by atoms with E-state index in [2.05, 4.69) is 4.98 Å². The highest BCUT2D eigenvalue weighted by atomic mass is 32.1. The molecule has 0 amide bonds. The van der Waals surface area contributed by atoms with Crippen molar-refractivity contribution in [1.29, 1.82) is 0 Å². The number of hydrogen-bond acceptors (Lipinski definition) is 3. The van der Waals surface area contributed by atoms with Gasteiger partial charge in [0.1, 0.15) is 0 Å². The summed E-state index contributed by atoms with van der Waals surface area (Å²) in [6.07, 6.45) is 3.41. The normalized spacial score (nSPS) is 11.5. The first kappa shape index (κ1) is 11.5. The number of pyridine rings is 1. The molecule has 2 aromatic rings. The van der Waals surface area contributed by atoms with Crippen LogP contribution in [0.4, 0.5) is 0 Å². The Bertz CT molecular complexity index is 558. The highest BCUT2D eigenvalue weighted by Gasteiger charge is 2.04. The fourth-order valence-corrected chi connectivity index (χ4v) is 2.34. The van der Waals surface area contributed by atoms with Gasteiger partial charge in [0.25, 0.3) is 0 Å². The second-order valence-corrected chi connectivity index (χ2v) is 4.66. The molecule has 2 aromatic heterocycles. The van der Waals surface area contributed by atoms with E-state index in [0.717, 1.165) is 15.4 Å². The highest BCUT2D eigenvalue weighted by molar-refractivity contribution is 7.16. The number of carbonyl (C=O) groups is 1. The van der Waals surface area contributed by atoms with Crippen LogP contribution in [-0.4, -0.2) is 16.1 Å². The van der Waals surface area contributed by atoms with Gasteiger partial charge in [-0.1, -0.05) is 6.07 Å². The molecule has 0 fully saturated rings. The van der Waals surface area contributed by atoms with Crippen molar-refractivity contribution in [2.24, 2.45) is 0 Å². The number of nitrogens with zero attached hydrogens (tertiary/aromatic N) is 1. The summed E-state index contributed by atoms with van der Waals surface area (Å²) in [5.41, 5.74) is 1.24. The molecule has 1 N–H and O–H groups in total. The van der Waals surface area contributed by atoms with Crippen LogP contribution in [-0.2, 0) is 4.79 Å². The van der Waals surface area contributed by atoms with Crippen molar-refractivity contribution in [2.45, 2.75) is 6.92 Å². The van der Waals surface area contributed by atoms with Gasteiger partial charge in [0.2, 0.25) is 0 Å². The van der Waals surface area contributed by atoms with Gasteiger partial charge in [-0.05, 0) is 37.3 Å². The van der Waals surface area contributed by atoms with Gasteiger partial charge < -0.3 is 5.11 Å². The summed E-state index contributed by atoms with van der Waals surface area (Å²) >= 11 is 1.53. The highest BCUT2D eigenvalue weighted by Crippen LogP contribution is 2.27. The molecule has 0 aliphatic rings. The van der Waals surface area contributed by atoms with Crippen LogP contribution in [0.3, 0.4) is 0 Å². The molecule has 4 heteroatoms. The first-order chi connectivity index (χ1) is 8.16. The predicted molar refractivity (Wildman–Crippen MR) is 68.8 cm³/mol. The van der Waals surface area contributed by atoms with E-state index in [4.69, 9.17) is 5.11 Å². The summed E-state index contributed by atoms with van der Waals surface area (Å²) in [4.78, 5) is 16.9. The van der Waals surface area contributed by atoms with Gasteiger partial charge >= 0.3 is 5.97 Å².